The standard InChI is InChI=1S/C24H33N3O5S/c1-18(2)23(27-12-14-32-15-13-27)17-25-24(28)19-6-5-7-22(16-19)33(29,30)26(3)20-8-10-21(31-4)11-9-20/h5-11,16,18,23H,12-15,17H2,1-4H3,(H,25,28). The van der Waals surface area contributed by atoms with Crippen molar-refractivity contribution >= 4 is 21.6 Å². The van der Waals surface area contributed by atoms with Gasteiger partial charge in [0.25, 0.3) is 15.9 Å². The molecule has 1 aliphatic rings. The van der Waals surface area contributed by atoms with Crippen LogP contribution in [-0.2, 0) is 14.8 Å². The topological polar surface area (TPSA) is 88.2 Å². The van der Waals surface area contributed by atoms with E-state index in [1.54, 1.807) is 43.5 Å². The van der Waals surface area contributed by atoms with E-state index in [0.29, 0.717) is 42.7 Å². The Balaban J connectivity index is 1.72. The first-order valence-corrected chi connectivity index (χ1v) is 12.5. The maximum absolute atomic E-state index is 13.2. The second kappa shape index (κ2) is 11.0. The highest BCUT2D eigenvalue weighted by atomic mass is 32.2. The van der Waals surface area contributed by atoms with Crippen molar-refractivity contribution in [3.8, 4) is 5.75 Å². The van der Waals surface area contributed by atoms with Gasteiger partial charge in [-0.3, -0.25) is 14.0 Å². The third kappa shape index (κ3) is 6.04. The quantitative estimate of drug-likeness (QED) is 0.600. The average molecular weight is 476 g/mol. The fourth-order valence-electron chi connectivity index (χ4n) is 3.88. The van der Waals surface area contributed by atoms with Crippen molar-refractivity contribution in [3.05, 3.63) is 54.1 Å². The van der Waals surface area contributed by atoms with E-state index in [2.05, 4.69) is 24.1 Å². The molecule has 0 aromatic heterocycles. The Morgan fingerprint density at radius 3 is 2.42 bits per heavy atom. The third-order valence-corrected chi connectivity index (χ3v) is 7.73. The first-order chi connectivity index (χ1) is 15.7. The monoisotopic (exact) mass is 475 g/mol. The van der Waals surface area contributed by atoms with Crippen LogP contribution in [0, 0.1) is 5.92 Å². The second-order valence-electron chi connectivity index (χ2n) is 8.37. The Morgan fingerprint density at radius 2 is 1.82 bits per heavy atom. The number of carbonyl (C=O) groups excluding carboxylic acids is 1. The number of hydrogen-bond acceptors (Lipinski definition) is 6. The molecule has 2 aromatic rings. The molecule has 0 radical (unpaired) electrons. The number of rotatable bonds is 9. The predicted octanol–water partition coefficient (Wildman–Crippen LogP) is 2.61. The predicted molar refractivity (Wildman–Crippen MR) is 128 cm³/mol. The van der Waals surface area contributed by atoms with Crippen LogP contribution in [0.25, 0.3) is 0 Å². The number of sulfonamides is 1. The molecule has 1 aliphatic heterocycles. The smallest absolute Gasteiger partial charge is 0.264 e. The van der Waals surface area contributed by atoms with Gasteiger partial charge >= 0.3 is 0 Å². The lowest BCUT2D eigenvalue weighted by molar-refractivity contribution is 0.00672. The number of nitrogens with zero attached hydrogens (tertiary/aromatic N) is 2. The number of hydrogen-bond donors (Lipinski definition) is 1. The molecule has 1 N–H and O–H groups in total. The summed E-state index contributed by atoms with van der Waals surface area (Å²) in [7, 11) is -0.802. The molecule has 1 unspecified atom stereocenters. The molecule has 0 saturated carbocycles. The van der Waals surface area contributed by atoms with Gasteiger partial charge in [0.15, 0.2) is 0 Å². The van der Waals surface area contributed by atoms with Crippen molar-refractivity contribution in [1.29, 1.82) is 0 Å². The van der Waals surface area contributed by atoms with Crippen molar-refractivity contribution in [2.45, 2.75) is 24.8 Å². The number of morpholine rings is 1. The molecule has 8 nitrogen and oxygen atoms in total. The molecule has 1 heterocycles. The lowest BCUT2D eigenvalue weighted by Crippen LogP contribution is -2.51. The van der Waals surface area contributed by atoms with Gasteiger partial charge in [-0.1, -0.05) is 19.9 Å². The summed E-state index contributed by atoms with van der Waals surface area (Å²) >= 11 is 0. The zero-order chi connectivity index (χ0) is 24.0. The van der Waals surface area contributed by atoms with Crippen LogP contribution in [0.1, 0.15) is 24.2 Å². The van der Waals surface area contributed by atoms with Crippen molar-refractivity contribution in [1.82, 2.24) is 10.2 Å². The lowest BCUT2D eigenvalue weighted by Gasteiger charge is -2.36. The van der Waals surface area contributed by atoms with E-state index in [0.717, 1.165) is 13.1 Å². The Morgan fingerprint density at radius 1 is 1.15 bits per heavy atom. The molecular formula is C24H33N3O5S. The van der Waals surface area contributed by atoms with Crippen LogP contribution in [0.2, 0.25) is 0 Å². The Hall–Kier alpha value is -2.62. The third-order valence-electron chi connectivity index (χ3n) is 5.95. The normalized spacial score (nSPS) is 15.8. The van der Waals surface area contributed by atoms with Gasteiger partial charge in [-0.05, 0) is 48.4 Å². The highest BCUT2D eigenvalue weighted by Gasteiger charge is 2.25. The van der Waals surface area contributed by atoms with Gasteiger partial charge in [0, 0.05) is 38.3 Å². The van der Waals surface area contributed by atoms with Crippen molar-refractivity contribution < 1.29 is 22.7 Å². The molecule has 33 heavy (non-hydrogen) atoms. The molecule has 1 atom stereocenters. The lowest BCUT2D eigenvalue weighted by atomic mass is 10.0. The summed E-state index contributed by atoms with van der Waals surface area (Å²) in [6.45, 7) is 7.81. The Bertz CT molecular complexity index is 1030. The first-order valence-electron chi connectivity index (χ1n) is 11.1. The van der Waals surface area contributed by atoms with Crippen LogP contribution in [0.5, 0.6) is 5.75 Å². The zero-order valence-electron chi connectivity index (χ0n) is 19.7. The molecular weight excluding hydrogens is 442 g/mol. The average Bonchev–Trinajstić information content (AvgIpc) is 2.84. The van der Waals surface area contributed by atoms with E-state index in [1.807, 2.05) is 0 Å². The summed E-state index contributed by atoms with van der Waals surface area (Å²) in [5.41, 5.74) is 0.805. The number of methoxy groups -OCH3 is 1. The molecule has 9 heteroatoms. The minimum Gasteiger partial charge on any atom is -0.497 e. The Kier molecular flexibility index (Phi) is 8.34. The fraction of sp³-hybridized carbons (Fsp3) is 0.458. The van der Waals surface area contributed by atoms with E-state index >= 15 is 0 Å². The Labute approximate surface area is 196 Å². The molecule has 0 bridgehead atoms. The van der Waals surface area contributed by atoms with E-state index in [9.17, 15) is 13.2 Å². The number of amides is 1. The molecule has 1 saturated heterocycles. The van der Waals surface area contributed by atoms with Crippen LogP contribution in [-0.4, -0.2) is 72.3 Å². The molecule has 2 aromatic carbocycles. The number of ether oxygens (including phenoxy) is 2. The van der Waals surface area contributed by atoms with Gasteiger partial charge in [-0.2, -0.15) is 0 Å². The van der Waals surface area contributed by atoms with E-state index < -0.39 is 10.0 Å². The highest BCUT2D eigenvalue weighted by Crippen LogP contribution is 2.25. The van der Waals surface area contributed by atoms with Crippen LogP contribution < -0.4 is 14.4 Å². The van der Waals surface area contributed by atoms with Crippen LogP contribution in [0.4, 0.5) is 5.69 Å². The number of carbonyl (C=O) groups is 1. The number of nitrogens with one attached hydrogen (secondary N) is 1. The summed E-state index contributed by atoms with van der Waals surface area (Å²) < 4.78 is 38.1. The summed E-state index contributed by atoms with van der Waals surface area (Å²) in [5, 5.41) is 2.99. The summed E-state index contributed by atoms with van der Waals surface area (Å²) in [6.07, 6.45) is 0. The van der Waals surface area contributed by atoms with Crippen LogP contribution >= 0.6 is 0 Å². The van der Waals surface area contributed by atoms with Gasteiger partial charge in [0.05, 0.1) is 30.9 Å². The fourth-order valence-corrected chi connectivity index (χ4v) is 5.12. The molecule has 3 rings (SSSR count). The van der Waals surface area contributed by atoms with Gasteiger partial charge in [0.2, 0.25) is 0 Å². The molecule has 0 aliphatic carbocycles. The van der Waals surface area contributed by atoms with Gasteiger partial charge < -0.3 is 14.8 Å². The zero-order valence-corrected chi connectivity index (χ0v) is 20.5. The summed E-state index contributed by atoms with van der Waals surface area (Å²) in [6, 6.07) is 13.1. The van der Waals surface area contributed by atoms with E-state index in [1.165, 1.54) is 23.5 Å². The largest absolute Gasteiger partial charge is 0.497 e. The van der Waals surface area contributed by atoms with Crippen molar-refractivity contribution in [2.75, 3.05) is 51.3 Å². The maximum atomic E-state index is 13.2. The maximum Gasteiger partial charge on any atom is 0.264 e. The SMILES string of the molecule is COc1ccc(N(C)S(=O)(=O)c2cccc(C(=O)NCC(C(C)C)N3CCOCC3)c2)cc1. The molecule has 1 fully saturated rings. The first kappa shape index (κ1) is 25.0. The summed E-state index contributed by atoms with van der Waals surface area (Å²) in [5.74, 6) is 0.700. The minimum atomic E-state index is -3.84. The molecule has 0 spiro atoms. The summed E-state index contributed by atoms with van der Waals surface area (Å²) in [4.78, 5) is 15.3. The number of anilines is 1. The highest BCUT2D eigenvalue weighted by molar-refractivity contribution is 7.92. The van der Waals surface area contributed by atoms with Crippen molar-refractivity contribution in [3.63, 3.8) is 0 Å². The minimum absolute atomic E-state index is 0.0575. The number of benzene rings is 2. The second-order valence-corrected chi connectivity index (χ2v) is 10.3. The van der Waals surface area contributed by atoms with Gasteiger partial charge in [-0.15, -0.1) is 0 Å². The van der Waals surface area contributed by atoms with Crippen LogP contribution in [0.3, 0.4) is 0 Å². The van der Waals surface area contributed by atoms with Crippen molar-refractivity contribution in [2.24, 2.45) is 5.92 Å². The van der Waals surface area contributed by atoms with Gasteiger partial charge in [-0.25, -0.2) is 8.42 Å². The molecule has 1 amide bonds. The van der Waals surface area contributed by atoms with Crippen LogP contribution in [0.15, 0.2) is 53.4 Å². The van der Waals surface area contributed by atoms with E-state index in [-0.39, 0.29) is 16.8 Å². The van der Waals surface area contributed by atoms with E-state index in [4.69, 9.17) is 9.47 Å². The van der Waals surface area contributed by atoms with Gasteiger partial charge in [0.1, 0.15) is 5.75 Å². The molecule has 180 valence electrons.